The van der Waals surface area contributed by atoms with E-state index < -0.39 is 26.2 Å². The van der Waals surface area contributed by atoms with Crippen LogP contribution in [-0.4, -0.2) is 66.8 Å². The fourth-order valence-corrected chi connectivity index (χ4v) is 4.23. The topological polar surface area (TPSA) is 110 Å². The molecule has 144 valence electrons. The number of rotatable bonds is 5. The molecule has 0 unspecified atom stereocenters. The van der Waals surface area contributed by atoms with Gasteiger partial charge in [0, 0.05) is 32.2 Å². The quantitative estimate of drug-likeness (QED) is 0.426. The largest absolute Gasteiger partial charge is 0.459 e. The van der Waals surface area contributed by atoms with Crippen LogP contribution in [0.2, 0.25) is 0 Å². The number of nitrogens with zero attached hydrogens (tertiary/aromatic N) is 3. The molecule has 1 aliphatic rings. The monoisotopic (exact) mass is 385 g/mol. The molecule has 10 heteroatoms. The Morgan fingerprint density at radius 2 is 1.77 bits per heavy atom. The molecule has 0 aromatic heterocycles. The van der Waals surface area contributed by atoms with Crippen molar-refractivity contribution in [2.75, 3.05) is 32.7 Å². The first-order valence-electron chi connectivity index (χ1n) is 8.18. The second kappa shape index (κ2) is 7.68. The molecule has 0 saturated carbocycles. The van der Waals surface area contributed by atoms with Gasteiger partial charge in [0.05, 0.1) is 11.5 Å². The third kappa shape index (κ3) is 4.99. The van der Waals surface area contributed by atoms with E-state index in [4.69, 9.17) is 4.74 Å². The molecule has 0 radical (unpaired) electrons. The summed E-state index contributed by atoms with van der Waals surface area (Å²) in [5, 5.41) is 11.1. The van der Waals surface area contributed by atoms with Crippen molar-refractivity contribution in [1.29, 1.82) is 0 Å². The number of carbonyl (C=O) groups is 1. The normalized spacial score (nSPS) is 17.0. The predicted molar refractivity (Wildman–Crippen MR) is 94.1 cm³/mol. The lowest BCUT2D eigenvalue weighted by molar-refractivity contribution is -0.387. The zero-order valence-corrected chi connectivity index (χ0v) is 15.9. The average Bonchev–Trinajstić information content (AvgIpc) is 2.53. The van der Waals surface area contributed by atoms with Crippen LogP contribution in [0.1, 0.15) is 20.8 Å². The lowest BCUT2D eigenvalue weighted by Gasteiger charge is -2.33. The Morgan fingerprint density at radius 3 is 2.31 bits per heavy atom. The Labute approximate surface area is 152 Å². The first-order valence-corrected chi connectivity index (χ1v) is 9.62. The predicted octanol–water partition coefficient (Wildman–Crippen LogP) is 1.24. The minimum Gasteiger partial charge on any atom is -0.459 e. The van der Waals surface area contributed by atoms with E-state index in [1.165, 1.54) is 28.6 Å². The van der Waals surface area contributed by atoms with Gasteiger partial charge in [-0.25, -0.2) is 8.42 Å². The fourth-order valence-electron chi connectivity index (χ4n) is 2.65. The van der Waals surface area contributed by atoms with Crippen molar-refractivity contribution in [2.24, 2.45) is 0 Å². The van der Waals surface area contributed by atoms with Gasteiger partial charge in [-0.3, -0.25) is 19.8 Å². The Kier molecular flexibility index (Phi) is 5.99. The van der Waals surface area contributed by atoms with Crippen molar-refractivity contribution in [3.8, 4) is 0 Å². The van der Waals surface area contributed by atoms with Gasteiger partial charge in [0.25, 0.3) is 5.69 Å². The Hall–Kier alpha value is -2.04. The van der Waals surface area contributed by atoms with Gasteiger partial charge in [-0.05, 0) is 26.8 Å². The molecule has 0 spiro atoms. The number of benzene rings is 1. The first kappa shape index (κ1) is 20.3. The molecule has 0 amide bonds. The summed E-state index contributed by atoms with van der Waals surface area (Å²) in [6.45, 7) is 6.41. The number of carbonyl (C=O) groups excluding carboxylic acids is 1. The molecule has 2 rings (SSSR count). The van der Waals surface area contributed by atoms with Crippen molar-refractivity contribution in [3.63, 3.8) is 0 Å². The van der Waals surface area contributed by atoms with Gasteiger partial charge in [-0.2, -0.15) is 4.31 Å². The Balaban J connectivity index is 2.03. The third-order valence-corrected chi connectivity index (χ3v) is 5.73. The molecule has 1 saturated heterocycles. The van der Waals surface area contributed by atoms with Crippen molar-refractivity contribution in [1.82, 2.24) is 9.21 Å². The standard InChI is InChI=1S/C16H23N3O6S/c1-16(2,3)25-15(20)12-17-8-10-18(11-9-17)26(23,24)14-7-5-4-6-13(14)19(21)22/h4-7H,8-12H2,1-3H3. The number of hydrogen-bond donors (Lipinski definition) is 0. The SMILES string of the molecule is CC(C)(C)OC(=O)CN1CCN(S(=O)(=O)c2ccccc2[N+](=O)[O-])CC1. The zero-order valence-electron chi connectivity index (χ0n) is 15.0. The maximum absolute atomic E-state index is 12.7. The van der Waals surface area contributed by atoms with E-state index in [9.17, 15) is 23.3 Å². The van der Waals surface area contributed by atoms with Gasteiger partial charge in [0.1, 0.15) is 5.60 Å². The smallest absolute Gasteiger partial charge is 0.320 e. The van der Waals surface area contributed by atoms with Gasteiger partial charge in [-0.1, -0.05) is 12.1 Å². The van der Waals surface area contributed by atoms with Crippen LogP contribution in [0, 0.1) is 10.1 Å². The molecule has 26 heavy (non-hydrogen) atoms. The lowest BCUT2D eigenvalue weighted by atomic mass is 10.2. The Morgan fingerprint density at radius 1 is 1.19 bits per heavy atom. The highest BCUT2D eigenvalue weighted by Crippen LogP contribution is 2.26. The molecule has 1 aliphatic heterocycles. The summed E-state index contributed by atoms with van der Waals surface area (Å²) >= 11 is 0. The van der Waals surface area contributed by atoms with E-state index in [1.807, 2.05) is 0 Å². The molecular formula is C16H23N3O6S. The third-order valence-electron chi connectivity index (χ3n) is 3.78. The van der Waals surface area contributed by atoms with E-state index in [0.29, 0.717) is 13.1 Å². The molecule has 1 fully saturated rings. The number of hydrogen-bond acceptors (Lipinski definition) is 7. The summed E-state index contributed by atoms with van der Waals surface area (Å²) in [7, 11) is -3.97. The van der Waals surface area contributed by atoms with Crippen LogP contribution < -0.4 is 0 Å². The minimum atomic E-state index is -3.97. The molecule has 1 heterocycles. The van der Waals surface area contributed by atoms with E-state index >= 15 is 0 Å². The first-order chi connectivity index (χ1) is 12.0. The van der Waals surface area contributed by atoms with Crippen molar-refractivity contribution < 1.29 is 22.9 Å². The molecular weight excluding hydrogens is 362 g/mol. The number of para-hydroxylation sites is 1. The van der Waals surface area contributed by atoms with Gasteiger partial charge in [-0.15, -0.1) is 0 Å². The summed E-state index contributed by atoms with van der Waals surface area (Å²) in [5.41, 5.74) is -1.02. The van der Waals surface area contributed by atoms with E-state index in [2.05, 4.69) is 0 Å². The number of esters is 1. The number of ether oxygens (including phenoxy) is 1. The summed E-state index contributed by atoms with van der Waals surface area (Å²) in [4.78, 5) is 23.8. The van der Waals surface area contributed by atoms with Crippen LogP contribution in [0.5, 0.6) is 0 Å². The summed E-state index contributed by atoms with van der Waals surface area (Å²) < 4.78 is 31.9. The number of nitro groups is 1. The van der Waals surface area contributed by atoms with Crippen molar-refractivity contribution in [3.05, 3.63) is 34.4 Å². The zero-order chi connectivity index (χ0) is 19.5. The van der Waals surface area contributed by atoms with Crippen LogP contribution >= 0.6 is 0 Å². The average molecular weight is 385 g/mol. The van der Waals surface area contributed by atoms with Gasteiger partial charge in [0.15, 0.2) is 4.90 Å². The summed E-state index contributed by atoms with van der Waals surface area (Å²) in [6, 6.07) is 5.29. The van der Waals surface area contributed by atoms with Crippen LogP contribution in [0.25, 0.3) is 0 Å². The van der Waals surface area contributed by atoms with E-state index in [1.54, 1.807) is 25.7 Å². The molecule has 1 aromatic rings. The van der Waals surface area contributed by atoms with Gasteiger partial charge >= 0.3 is 5.97 Å². The van der Waals surface area contributed by atoms with Crippen LogP contribution in [0.3, 0.4) is 0 Å². The highest BCUT2D eigenvalue weighted by atomic mass is 32.2. The molecule has 1 aromatic carbocycles. The fraction of sp³-hybridized carbons (Fsp3) is 0.562. The number of piperazine rings is 1. The van der Waals surface area contributed by atoms with Crippen LogP contribution in [0.4, 0.5) is 5.69 Å². The van der Waals surface area contributed by atoms with Gasteiger partial charge < -0.3 is 4.74 Å². The van der Waals surface area contributed by atoms with E-state index in [-0.39, 0.29) is 30.5 Å². The molecule has 0 N–H and O–H groups in total. The molecule has 9 nitrogen and oxygen atoms in total. The summed E-state index contributed by atoms with van der Waals surface area (Å²) in [6.07, 6.45) is 0. The van der Waals surface area contributed by atoms with Crippen LogP contribution in [-0.2, 0) is 19.6 Å². The maximum atomic E-state index is 12.7. The van der Waals surface area contributed by atoms with Crippen LogP contribution in [0.15, 0.2) is 29.2 Å². The lowest BCUT2D eigenvalue weighted by Crippen LogP contribution is -2.50. The van der Waals surface area contributed by atoms with Crippen molar-refractivity contribution >= 4 is 21.7 Å². The highest BCUT2D eigenvalue weighted by Gasteiger charge is 2.34. The minimum absolute atomic E-state index is 0.0800. The number of sulfonamides is 1. The highest BCUT2D eigenvalue weighted by molar-refractivity contribution is 7.89. The van der Waals surface area contributed by atoms with E-state index in [0.717, 1.165) is 0 Å². The molecule has 0 atom stereocenters. The molecule has 0 aliphatic carbocycles. The van der Waals surface area contributed by atoms with Crippen molar-refractivity contribution in [2.45, 2.75) is 31.3 Å². The second-order valence-corrected chi connectivity index (χ2v) is 8.90. The van der Waals surface area contributed by atoms with Gasteiger partial charge in [0.2, 0.25) is 10.0 Å². The second-order valence-electron chi connectivity index (χ2n) is 6.99. The Bertz CT molecular complexity index is 779. The number of nitro benzene ring substituents is 1. The molecule has 0 bridgehead atoms. The summed E-state index contributed by atoms with van der Waals surface area (Å²) in [5.74, 6) is -0.368. The maximum Gasteiger partial charge on any atom is 0.320 e.